The minimum absolute atomic E-state index is 0. The van der Waals surface area contributed by atoms with Gasteiger partial charge in [-0.3, -0.25) is 14.1 Å². The van der Waals surface area contributed by atoms with Gasteiger partial charge in [0.05, 0.1) is 25.2 Å². The molecule has 2 heterocycles. The van der Waals surface area contributed by atoms with Crippen molar-refractivity contribution in [2.75, 3.05) is 39.4 Å². The molecule has 0 aromatic rings. The summed E-state index contributed by atoms with van der Waals surface area (Å²) in [5.74, 6) is -0.849. The summed E-state index contributed by atoms with van der Waals surface area (Å²) in [7, 11) is 5.14. The van der Waals surface area contributed by atoms with Crippen molar-refractivity contribution in [1.82, 2.24) is 9.34 Å². The maximum atomic E-state index is 11.3. The SMILES string of the molecule is C.C.CCOC(=O)C1=CCCN(P)C1.CCOC(=O)C1CN(P)CCC1O. The fourth-order valence-corrected chi connectivity index (χ4v) is 3.31. The molecule has 1 N–H and O–H groups in total. The Morgan fingerprint density at radius 1 is 1.15 bits per heavy atom. The van der Waals surface area contributed by atoms with Crippen molar-refractivity contribution in [3.05, 3.63) is 11.6 Å². The number of aliphatic hydroxyl groups excluding tert-OH is 1. The first-order valence-electron chi connectivity index (χ1n) is 8.59. The molecule has 1 saturated heterocycles. The van der Waals surface area contributed by atoms with Gasteiger partial charge in [0.25, 0.3) is 0 Å². The molecule has 2 rings (SSSR count). The van der Waals surface area contributed by atoms with E-state index in [0.29, 0.717) is 32.7 Å². The molecule has 160 valence electrons. The van der Waals surface area contributed by atoms with Crippen molar-refractivity contribution in [2.45, 2.75) is 47.6 Å². The van der Waals surface area contributed by atoms with Gasteiger partial charge in [0.1, 0.15) is 0 Å². The van der Waals surface area contributed by atoms with Crippen molar-refractivity contribution in [3.8, 4) is 0 Å². The summed E-state index contributed by atoms with van der Waals surface area (Å²) < 4.78 is 13.7. The monoisotopic (exact) mass is 424 g/mol. The van der Waals surface area contributed by atoms with E-state index in [1.165, 1.54) is 0 Å². The average Bonchev–Trinajstić information content (AvgIpc) is 2.58. The van der Waals surface area contributed by atoms with Gasteiger partial charge in [0.2, 0.25) is 0 Å². The smallest absolute Gasteiger partial charge is 0.335 e. The number of esters is 2. The zero-order chi connectivity index (χ0) is 18.8. The Balaban J connectivity index is 0. The minimum atomic E-state index is -0.546. The summed E-state index contributed by atoms with van der Waals surface area (Å²) in [4.78, 5) is 22.6. The third-order valence-electron chi connectivity index (χ3n) is 3.92. The van der Waals surface area contributed by atoms with E-state index in [9.17, 15) is 14.7 Å². The van der Waals surface area contributed by atoms with Crippen LogP contribution >= 0.6 is 18.8 Å². The Labute approximate surface area is 169 Å². The van der Waals surface area contributed by atoms with E-state index in [4.69, 9.17) is 9.47 Å². The topological polar surface area (TPSA) is 79.3 Å². The first-order valence-corrected chi connectivity index (χ1v) is 9.62. The zero-order valence-electron chi connectivity index (χ0n) is 15.0. The number of rotatable bonds is 4. The van der Waals surface area contributed by atoms with E-state index in [-0.39, 0.29) is 32.7 Å². The standard InChI is InChI=1S/C8H16NO3P.C8H14NO2P.2CH4/c1-2-12-8(11)6-5-9(13)4-3-7(6)10;1-2-11-8(10)7-4-3-5-9(12)6-7;;/h6-7,10H,2-5,13H2,1H3;4H,2-3,5-6,12H2,1H3;2*1H4. The molecular formula is C18H38N2O5P2. The fourth-order valence-electron chi connectivity index (χ4n) is 2.58. The zero-order valence-corrected chi connectivity index (χ0v) is 17.3. The molecule has 0 aliphatic carbocycles. The van der Waals surface area contributed by atoms with Gasteiger partial charge in [-0.2, -0.15) is 0 Å². The fraction of sp³-hybridized carbons (Fsp3) is 0.778. The van der Waals surface area contributed by atoms with Crippen molar-refractivity contribution < 1.29 is 24.2 Å². The number of nitrogens with zero attached hydrogens (tertiary/aromatic N) is 2. The molecule has 2 aliphatic rings. The first-order chi connectivity index (χ1) is 11.9. The van der Waals surface area contributed by atoms with Gasteiger partial charge in [-0.1, -0.05) is 39.7 Å². The van der Waals surface area contributed by atoms with Crippen LogP contribution < -0.4 is 0 Å². The third-order valence-corrected chi connectivity index (χ3v) is 4.82. The first kappa shape index (κ1) is 28.6. The van der Waals surface area contributed by atoms with Crippen LogP contribution in [-0.4, -0.2) is 71.9 Å². The summed E-state index contributed by atoms with van der Waals surface area (Å²) >= 11 is 0. The second-order valence-electron chi connectivity index (χ2n) is 5.92. The maximum absolute atomic E-state index is 11.3. The van der Waals surface area contributed by atoms with E-state index >= 15 is 0 Å². The molecular weight excluding hydrogens is 386 g/mol. The average molecular weight is 424 g/mol. The molecule has 0 aromatic carbocycles. The van der Waals surface area contributed by atoms with Crippen LogP contribution in [0.3, 0.4) is 0 Å². The Morgan fingerprint density at radius 3 is 2.33 bits per heavy atom. The lowest BCUT2D eigenvalue weighted by atomic mass is 9.96. The molecule has 0 saturated carbocycles. The molecule has 0 amide bonds. The van der Waals surface area contributed by atoms with Gasteiger partial charge in [-0.25, -0.2) is 4.79 Å². The van der Waals surface area contributed by atoms with E-state index in [1.54, 1.807) is 6.92 Å². The van der Waals surface area contributed by atoms with Crippen molar-refractivity contribution in [1.29, 1.82) is 0 Å². The molecule has 2 aliphatic heterocycles. The van der Waals surface area contributed by atoms with Crippen molar-refractivity contribution >= 4 is 30.7 Å². The van der Waals surface area contributed by atoms with Gasteiger partial charge >= 0.3 is 11.9 Å². The lowest BCUT2D eigenvalue weighted by Crippen LogP contribution is -2.43. The molecule has 9 heteroatoms. The number of piperidine rings is 1. The quantitative estimate of drug-likeness (QED) is 0.548. The van der Waals surface area contributed by atoms with Gasteiger partial charge in [-0.05, 0) is 26.7 Å². The highest BCUT2D eigenvalue weighted by Gasteiger charge is 2.32. The number of ether oxygens (including phenoxy) is 2. The molecule has 0 bridgehead atoms. The van der Waals surface area contributed by atoms with E-state index in [0.717, 1.165) is 25.1 Å². The summed E-state index contributed by atoms with van der Waals surface area (Å²) in [5, 5.41) is 9.55. The van der Waals surface area contributed by atoms with Crippen LogP contribution in [0.2, 0.25) is 0 Å². The number of carbonyl (C=O) groups is 2. The second kappa shape index (κ2) is 15.4. The number of hydrogen-bond donors (Lipinski definition) is 1. The molecule has 4 unspecified atom stereocenters. The molecule has 27 heavy (non-hydrogen) atoms. The predicted octanol–water partition coefficient (Wildman–Crippen LogP) is 2.27. The van der Waals surface area contributed by atoms with Gasteiger partial charge in [-0.15, -0.1) is 0 Å². The van der Waals surface area contributed by atoms with E-state index in [1.807, 2.05) is 22.3 Å². The molecule has 0 radical (unpaired) electrons. The summed E-state index contributed by atoms with van der Waals surface area (Å²) in [6.07, 6.45) is 2.97. The lowest BCUT2D eigenvalue weighted by molar-refractivity contribution is -0.154. The van der Waals surface area contributed by atoms with Crippen LogP contribution in [0, 0.1) is 5.92 Å². The molecule has 1 fully saturated rings. The van der Waals surface area contributed by atoms with Crippen molar-refractivity contribution in [2.24, 2.45) is 5.92 Å². The summed E-state index contributed by atoms with van der Waals surface area (Å²) in [6.45, 7) is 7.46. The summed E-state index contributed by atoms with van der Waals surface area (Å²) in [6, 6.07) is 0. The Bertz CT molecular complexity index is 477. The van der Waals surface area contributed by atoms with Crippen LogP contribution in [0.4, 0.5) is 0 Å². The summed E-state index contributed by atoms with van der Waals surface area (Å²) in [5.41, 5.74) is 0.776. The predicted molar refractivity (Wildman–Crippen MR) is 116 cm³/mol. The highest BCUT2D eigenvalue weighted by atomic mass is 31.0. The number of hydrogen-bond acceptors (Lipinski definition) is 7. The van der Waals surface area contributed by atoms with Gasteiger partial charge < -0.3 is 14.6 Å². The second-order valence-corrected chi connectivity index (χ2v) is 7.38. The van der Waals surface area contributed by atoms with Crippen LogP contribution in [0.5, 0.6) is 0 Å². The molecule has 0 spiro atoms. The molecule has 0 aromatic heterocycles. The minimum Gasteiger partial charge on any atom is -0.466 e. The van der Waals surface area contributed by atoms with E-state index < -0.39 is 6.10 Å². The molecule has 4 atom stereocenters. The van der Waals surface area contributed by atoms with Crippen molar-refractivity contribution in [3.63, 3.8) is 0 Å². The molecule has 7 nitrogen and oxygen atoms in total. The van der Waals surface area contributed by atoms with Crippen LogP contribution in [0.1, 0.15) is 41.5 Å². The Kier molecular flexibility index (Phi) is 16.3. The normalized spacial score (nSPS) is 22.8. The van der Waals surface area contributed by atoms with Gasteiger partial charge in [0.15, 0.2) is 0 Å². The highest BCUT2D eigenvalue weighted by molar-refractivity contribution is 7.13. The van der Waals surface area contributed by atoms with E-state index in [2.05, 4.69) is 18.8 Å². The van der Waals surface area contributed by atoms with Crippen LogP contribution in [0.15, 0.2) is 11.6 Å². The van der Waals surface area contributed by atoms with Crippen LogP contribution in [0.25, 0.3) is 0 Å². The Hall–Kier alpha value is -0.580. The van der Waals surface area contributed by atoms with Crippen LogP contribution in [-0.2, 0) is 19.1 Å². The Morgan fingerprint density at radius 2 is 1.78 bits per heavy atom. The maximum Gasteiger partial charge on any atom is 0.335 e. The third kappa shape index (κ3) is 10.5. The largest absolute Gasteiger partial charge is 0.466 e. The number of carbonyl (C=O) groups excluding carboxylic acids is 2. The van der Waals surface area contributed by atoms with Gasteiger partial charge in [0, 0.05) is 31.8 Å². The lowest BCUT2D eigenvalue weighted by Gasteiger charge is -2.31. The highest BCUT2D eigenvalue weighted by Crippen LogP contribution is 2.20. The number of aliphatic hydroxyl groups is 1.